The fourth-order valence-electron chi connectivity index (χ4n) is 2.37. The SMILES string of the molecule is CCn1c(Cc2cccc(O)c2)nc2cnccc21. The van der Waals surface area contributed by atoms with Crippen LogP contribution in [0.1, 0.15) is 18.3 Å². The van der Waals surface area contributed by atoms with Gasteiger partial charge in [-0.2, -0.15) is 0 Å². The van der Waals surface area contributed by atoms with E-state index in [1.165, 1.54) is 0 Å². The molecule has 0 bridgehead atoms. The number of hydrogen-bond donors (Lipinski definition) is 1. The molecule has 0 aliphatic heterocycles. The molecular weight excluding hydrogens is 238 g/mol. The number of imidazole rings is 1. The smallest absolute Gasteiger partial charge is 0.115 e. The van der Waals surface area contributed by atoms with Crippen molar-refractivity contribution in [2.75, 3.05) is 0 Å². The van der Waals surface area contributed by atoms with Gasteiger partial charge in [0.1, 0.15) is 17.1 Å². The molecule has 0 aliphatic carbocycles. The normalized spacial score (nSPS) is 11.0. The largest absolute Gasteiger partial charge is 0.508 e. The van der Waals surface area contributed by atoms with Crippen molar-refractivity contribution in [1.82, 2.24) is 14.5 Å². The molecule has 2 aromatic heterocycles. The molecule has 0 saturated heterocycles. The topological polar surface area (TPSA) is 50.9 Å². The maximum absolute atomic E-state index is 9.52. The third-order valence-corrected chi connectivity index (χ3v) is 3.22. The highest BCUT2D eigenvalue weighted by molar-refractivity contribution is 5.74. The van der Waals surface area contributed by atoms with Crippen molar-refractivity contribution in [3.05, 3.63) is 54.1 Å². The molecule has 4 heteroatoms. The van der Waals surface area contributed by atoms with Gasteiger partial charge in [0, 0.05) is 19.2 Å². The number of phenols is 1. The number of aromatic nitrogens is 3. The monoisotopic (exact) mass is 253 g/mol. The van der Waals surface area contributed by atoms with E-state index >= 15 is 0 Å². The summed E-state index contributed by atoms with van der Waals surface area (Å²) in [5, 5.41) is 9.52. The Morgan fingerprint density at radius 1 is 1.26 bits per heavy atom. The summed E-state index contributed by atoms with van der Waals surface area (Å²) in [6.45, 7) is 2.97. The first-order chi connectivity index (χ1) is 9.28. The Hall–Kier alpha value is -2.36. The van der Waals surface area contributed by atoms with Crippen molar-refractivity contribution in [2.24, 2.45) is 0 Å². The van der Waals surface area contributed by atoms with Crippen molar-refractivity contribution in [3.63, 3.8) is 0 Å². The van der Waals surface area contributed by atoms with Gasteiger partial charge in [-0.25, -0.2) is 4.98 Å². The van der Waals surface area contributed by atoms with Crippen LogP contribution in [0.5, 0.6) is 5.75 Å². The number of phenolic OH excluding ortho intramolecular Hbond substituents is 1. The first kappa shape index (κ1) is 11.7. The van der Waals surface area contributed by atoms with E-state index in [0.717, 1.165) is 29.0 Å². The molecule has 1 aromatic carbocycles. The third-order valence-electron chi connectivity index (χ3n) is 3.22. The summed E-state index contributed by atoms with van der Waals surface area (Å²) in [7, 11) is 0. The number of nitrogens with zero attached hydrogens (tertiary/aromatic N) is 3. The Bertz CT molecular complexity index is 718. The van der Waals surface area contributed by atoms with Crippen LogP contribution in [0.15, 0.2) is 42.7 Å². The third kappa shape index (κ3) is 2.17. The quantitative estimate of drug-likeness (QED) is 0.780. The van der Waals surface area contributed by atoms with Gasteiger partial charge in [0.2, 0.25) is 0 Å². The average Bonchev–Trinajstić information content (AvgIpc) is 2.75. The van der Waals surface area contributed by atoms with Crippen LogP contribution < -0.4 is 0 Å². The molecule has 3 aromatic rings. The molecule has 0 radical (unpaired) electrons. The van der Waals surface area contributed by atoms with E-state index in [-0.39, 0.29) is 0 Å². The summed E-state index contributed by atoms with van der Waals surface area (Å²) in [5.41, 5.74) is 3.07. The Labute approximate surface area is 111 Å². The minimum Gasteiger partial charge on any atom is -0.508 e. The first-order valence-corrected chi connectivity index (χ1v) is 6.35. The predicted octanol–water partition coefficient (Wildman–Crippen LogP) is 2.75. The number of rotatable bonds is 3. The van der Waals surface area contributed by atoms with Gasteiger partial charge in [-0.15, -0.1) is 0 Å². The van der Waals surface area contributed by atoms with Crippen LogP contribution >= 0.6 is 0 Å². The van der Waals surface area contributed by atoms with Gasteiger partial charge in [0.25, 0.3) is 0 Å². The van der Waals surface area contributed by atoms with Crippen molar-refractivity contribution < 1.29 is 5.11 Å². The van der Waals surface area contributed by atoms with E-state index in [1.807, 2.05) is 18.2 Å². The molecule has 1 N–H and O–H groups in total. The summed E-state index contributed by atoms with van der Waals surface area (Å²) >= 11 is 0. The van der Waals surface area contributed by atoms with Crippen LogP contribution in [0.3, 0.4) is 0 Å². The van der Waals surface area contributed by atoms with Crippen LogP contribution in [0.25, 0.3) is 11.0 Å². The fraction of sp³-hybridized carbons (Fsp3) is 0.200. The molecule has 2 heterocycles. The van der Waals surface area contributed by atoms with Crippen LogP contribution in [-0.2, 0) is 13.0 Å². The second kappa shape index (κ2) is 4.72. The van der Waals surface area contributed by atoms with Gasteiger partial charge in [-0.3, -0.25) is 4.98 Å². The molecule has 0 unspecified atom stereocenters. The van der Waals surface area contributed by atoms with E-state index in [4.69, 9.17) is 0 Å². The first-order valence-electron chi connectivity index (χ1n) is 6.35. The molecule has 0 spiro atoms. The molecule has 0 fully saturated rings. The fourth-order valence-corrected chi connectivity index (χ4v) is 2.37. The lowest BCUT2D eigenvalue weighted by atomic mass is 10.1. The molecule has 0 saturated carbocycles. The Kier molecular flexibility index (Phi) is 2.91. The van der Waals surface area contributed by atoms with Crippen LogP contribution in [0, 0.1) is 0 Å². The second-order valence-corrected chi connectivity index (χ2v) is 4.48. The molecule has 19 heavy (non-hydrogen) atoms. The number of hydrogen-bond acceptors (Lipinski definition) is 3. The maximum Gasteiger partial charge on any atom is 0.115 e. The molecule has 0 aliphatic rings. The highest BCUT2D eigenvalue weighted by atomic mass is 16.3. The van der Waals surface area contributed by atoms with Gasteiger partial charge in [-0.1, -0.05) is 12.1 Å². The molecule has 4 nitrogen and oxygen atoms in total. The van der Waals surface area contributed by atoms with Crippen LogP contribution in [-0.4, -0.2) is 19.6 Å². The minimum absolute atomic E-state index is 0.290. The second-order valence-electron chi connectivity index (χ2n) is 4.48. The molecular formula is C15H15N3O. The van der Waals surface area contributed by atoms with Gasteiger partial charge < -0.3 is 9.67 Å². The van der Waals surface area contributed by atoms with Crippen molar-refractivity contribution >= 4 is 11.0 Å². The lowest BCUT2D eigenvalue weighted by Crippen LogP contribution is -2.02. The van der Waals surface area contributed by atoms with Crippen molar-refractivity contribution in [3.8, 4) is 5.75 Å². The maximum atomic E-state index is 9.52. The summed E-state index contributed by atoms with van der Waals surface area (Å²) in [5.74, 6) is 1.29. The highest BCUT2D eigenvalue weighted by Crippen LogP contribution is 2.19. The Morgan fingerprint density at radius 3 is 2.95 bits per heavy atom. The zero-order valence-electron chi connectivity index (χ0n) is 10.7. The van der Waals surface area contributed by atoms with E-state index < -0.39 is 0 Å². The lowest BCUT2D eigenvalue weighted by Gasteiger charge is -2.06. The highest BCUT2D eigenvalue weighted by Gasteiger charge is 2.10. The average molecular weight is 253 g/mol. The minimum atomic E-state index is 0.290. The van der Waals surface area contributed by atoms with Crippen LogP contribution in [0.4, 0.5) is 0 Å². The van der Waals surface area contributed by atoms with Crippen LogP contribution in [0.2, 0.25) is 0 Å². The van der Waals surface area contributed by atoms with Gasteiger partial charge >= 0.3 is 0 Å². The Balaban J connectivity index is 2.05. The van der Waals surface area contributed by atoms with E-state index in [1.54, 1.807) is 24.5 Å². The molecule has 0 atom stereocenters. The number of pyridine rings is 1. The summed E-state index contributed by atoms with van der Waals surface area (Å²) in [4.78, 5) is 8.73. The molecule has 3 rings (SSSR count). The molecule has 96 valence electrons. The van der Waals surface area contributed by atoms with E-state index in [2.05, 4.69) is 21.5 Å². The predicted molar refractivity (Wildman–Crippen MR) is 74.1 cm³/mol. The summed E-state index contributed by atoms with van der Waals surface area (Å²) in [6.07, 6.45) is 4.28. The summed E-state index contributed by atoms with van der Waals surface area (Å²) in [6, 6.07) is 9.29. The van der Waals surface area contributed by atoms with E-state index in [9.17, 15) is 5.11 Å². The summed E-state index contributed by atoms with van der Waals surface area (Å²) < 4.78 is 2.18. The number of aromatic hydroxyl groups is 1. The molecule has 0 amide bonds. The van der Waals surface area contributed by atoms with Gasteiger partial charge in [0.05, 0.1) is 11.7 Å². The van der Waals surface area contributed by atoms with E-state index in [0.29, 0.717) is 12.2 Å². The zero-order valence-corrected chi connectivity index (χ0v) is 10.7. The van der Waals surface area contributed by atoms with Crippen molar-refractivity contribution in [2.45, 2.75) is 19.9 Å². The standard InChI is InChI=1S/C15H15N3O/c1-2-18-14-6-7-16-10-13(14)17-15(18)9-11-4-3-5-12(19)8-11/h3-8,10,19H,2,9H2,1H3. The zero-order chi connectivity index (χ0) is 13.2. The number of benzene rings is 1. The number of fused-ring (bicyclic) bond motifs is 1. The number of aryl methyl sites for hydroxylation is 1. The Morgan fingerprint density at radius 2 is 2.16 bits per heavy atom. The van der Waals surface area contributed by atoms with Gasteiger partial charge in [-0.05, 0) is 30.7 Å². The lowest BCUT2D eigenvalue weighted by molar-refractivity contribution is 0.474. The van der Waals surface area contributed by atoms with Gasteiger partial charge in [0.15, 0.2) is 0 Å². The van der Waals surface area contributed by atoms with Crippen molar-refractivity contribution in [1.29, 1.82) is 0 Å².